The molecule has 0 bridgehead atoms. The van der Waals surface area contributed by atoms with Crippen LogP contribution in [0.4, 0.5) is 0 Å². The smallest absolute Gasteiger partial charge is 0.338 e. The lowest BCUT2D eigenvalue weighted by Gasteiger charge is -2.08. The zero-order chi connectivity index (χ0) is 21.3. The van der Waals surface area contributed by atoms with Crippen molar-refractivity contribution < 1.29 is 14.3 Å². The van der Waals surface area contributed by atoms with Gasteiger partial charge in [-0.15, -0.1) is 10.2 Å². The summed E-state index contributed by atoms with van der Waals surface area (Å²) >= 11 is 0. The third kappa shape index (κ3) is 3.84. The van der Waals surface area contributed by atoms with Crippen LogP contribution in [0.5, 0.6) is 0 Å². The van der Waals surface area contributed by atoms with Crippen LogP contribution >= 0.6 is 0 Å². The van der Waals surface area contributed by atoms with Gasteiger partial charge in [0.05, 0.1) is 11.7 Å². The first kappa shape index (κ1) is 19.5. The van der Waals surface area contributed by atoms with E-state index >= 15 is 0 Å². The summed E-state index contributed by atoms with van der Waals surface area (Å²) < 4.78 is 5.22. The molecule has 4 rings (SSSR count). The fraction of sp³-hybridized carbons (Fsp3) is 0.227. The van der Waals surface area contributed by atoms with Gasteiger partial charge < -0.3 is 9.72 Å². The Bertz CT molecular complexity index is 1240. The number of aryl methyl sites for hydroxylation is 1. The van der Waals surface area contributed by atoms with Gasteiger partial charge in [0.15, 0.2) is 5.78 Å². The van der Waals surface area contributed by atoms with Crippen LogP contribution in [0.2, 0.25) is 0 Å². The highest BCUT2D eigenvalue weighted by Gasteiger charge is 2.18. The third-order valence-corrected chi connectivity index (χ3v) is 4.61. The number of rotatable bonds is 6. The van der Waals surface area contributed by atoms with Gasteiger partial charge in [-0.1, -0.05) is 30.3 Å². The number of hydrogen-bond donors (Lipinski definition) is 1. The number of fused-ring (bicyclic) bond motifs is 1. The molecule has 0 aliphatic carbocycles. The Morgan fingerprint density at radius 1 is 1.13 bits per heavy atom. The number of hydrogen-bond acceptors (Lipinski definition) is 6. The van der Waals surface area contributed by atoms with Crippen LogP contribution < -0.4 is 0 Å². The summed E-state index contributed by atoms with van der Waals surface area (Å²) in [6, 6.07) is 14.5. The summed E-state index contributed by atoms with van der Waals surface area (Å²) in [6.07, 6.45) is -0.209. The Balaban J connectivity index is 1.55. The van der Waals surface area contributed by atoms with E-state index in [2.05, 4.69) is 20.4 Å². The van der Waals surface area contributed by atoms with Crippen molar-refractivity contribution in [1.29, 1.82) is 0 Å². The second-order valence-corrected chi connectivity index (χ2v) is 7.27. The number of ketones is 1. The van der Waals surface area contributed by atoms with Gasteiger partial charge >= 0.3 is 5.97 Å². The molecule has 0 saturated carbocycles. The highest BCUT2D eigenvalue weighted by Crippen LogP contribution is 2.23. The average Bonchev–Trinajstić information content (AvgIpc) is 3.31. The second kappa shape index (κ2) is 7.90. The van der Waals surface area contributed by atoms with E-state index in [-0.39, 0.29) is 18.4 Å². The normalized spacial score (nSPS) is 11.2. The first-order valence-electron chi connectivity index (χ1n) is 9.62. The monoisotopic (exact) mass is 403 g/mol. The maximum absolute atomic E-state index is 12.9. The van der Waals surface area contributed by atoms with Crippen LogP contribution in [0.25, 0.3) is 22.3 Å². The minimum Gasteiger partial charge on any atom is -0.459 e. The Kier molecular flexibility index (Phi) is 5.14. The van der Waals surface area contributed by atoms with Gasteiger partial charge in [0, 0.05) is 27.7 Å². The van der Waals surface area contributed by atoms with Gasteiger partial charge in [-0.05, 0) is 44.2 Å². The molecule has 0 saturated heterocycles. The fourth-order valence-electron chi connectivity index (χ4n) is 3.34. The molecule has 2 aromatic carbocycles. The largest absolute Gasteiger partial charge is 0.459 e. The molecule has 4 aromatic rings. The first-order valence-corrected chi connectivity index (χ1v) is 9.62. The Labute approximate surface area is 172 Å². The second-order valence-electron chi connectivity index (χ2n) is 7.27. The molecular weight excluding hydrogens is 382 g/mol. The predicted molar refractivity (Wildman–Crippen MR) is 111 cm³/mol. The van der Waals surface area contributed by atoms with Gasteiger partial charge in [-0.25, -0.2) is 4.79 Å². The van der Waals surface area contributed by atoms with Crippen molar-refractivity contribution in [2.24, 2.45) is 0 Å². The first-order chi connectivity index (χ1) is 14.4. The van der Waals surface area contributed by atoms with Crippen molar-refractivity contribution in [2.75, 3.05) is 0 Å². The quantitative estimate of drug-likeness (QED) is 0.390. The van der Waals surface area contributed by atoms with E-state index in [1.54, 1.807) is 38.1 Å². The van der Waals surface area contributed by atoms with E-state index in [1.807, 2.05) is 31.2 Å². The molecule has 0 fully saturated rings. The summed E-state index contributed by atoms with van der Waals surface area (Å²) in [7, 11) is 0. The van der Waals surface area contributed by atoms with Gasteiger partial charge in [0.1, 0.15) is 6.54 Å². The van der Waals surface area contributed by atoms with Gasteiger partial charge in [0.2, 0.25) is 5.82 Å². The summed E-state index contributed by atoms with van der Waals surface area (Å²) in [4.78, 5) is 29.5. The van der Waals surface area contributed by atoms with E-state index in [4.69, 9.17) is 4.74 Å². The standard InChI is InChI=1S/C22H21N5O3/c1-13(2)30-22(29)16-8-6-7-15(11-16)21-24-26-27(25-21)12-19(28)20-14(3)23-18-10-5-4-9-17(18)20/h4-11,13,23H,12H2,1-3H3. The number of carbonyl (C=O) groups is 2. The maximum Gasteiger partial charge on any atom is 0.338 e. The van der Waals surface area contributed by atoms with E-state index in [9.17, 15) is 9.59 Å². The maximum atomic E-state index is 12.9. The van der Waals surface area contributed by atoms with Crippen molar-refractivity contribution >= 4 is 22.7 Å². The van der Waals surface area contributed by atoms with Crippen molar-refractivity contribution in [3.63, 3.8) is 0 Å². The fourth-order valence-corrected chi connectivity index (χ4v) is 3.34. The lowest BCUT2D eigenvalue weighted by molar-refractivity contribution is 0.0378. The molecule has 0 spiro atoms. The van der Waals surface area contributed by atoms with Crippen LogP contribution in [0.15, 0.2) is 48.5 Å². The number of aromatic nitrogens is 5. The number of carbonyl (C=O) groups excluding carboxylic acids is 2. The molecular formula is C22H21N5O3. The summed E-state index contributed by atoms with van der Waals surface area (Å²) in [5, 5.41) is 13.2. The number of nitrogens with zero attached hydrogens (tertiary/aromatic N) is 4. The van der Waals surface area contributed by atoms with Crippen LogP contribution in [0.3, 0.4) is 0 Å². The lowest BCUT2D eigenvalue weighted by Crippen LogP contribution is -2.14. The van der Waals surface area contributed by atoms with Crippen LogP contribution in [-0.2, 0) is 11.3 Å². The number of H-pyrrole nitrogens is 1. The zero-order valence-electron chi connectivity index (χ0n) is 16.9. The predicted octanol–water partition coefficient (Wildman–Crippen LogP) is 3.58. The van der Waals surface area contributed by atoms with Crippen molar-refractivity contribution in [1.82, 2.24) is 25.2 Å². The van der Waals surface area contributed by atoms with E-state index < -0.39 is 5.97 Å². The number of ether oxygens (including phenoxy) is 1. The molecule has 2 heterocycles. The lowest BCUT2D eigenvalue weighted by atomic mass is 10.1. The number of tetrazole rings is 1. The molecule has 8 heteroatoms. The molecule has 0 unspecified atom stereocenters. The minimum absolute atomic E-state index is 0.0369. The molecule has 152 valence electrons. The molecule has 0 amide bonds. The molecule has 30 heavy (non-hydrogen) atoms. The van der Waals surface area contributed by atoms with Gasteiger partial charge in [-0.2, -0.15) is 4.80 Å². The molecule has 0 aliphatic heterocycles. The highest BCUT2D eigenvalue weighted by atomic mass is 16.5. The van der Waals surface area contributed by atoms with Crippen molar-refractivity contribution in [2.45, 2.75) is 33.4 Å². The number of benzene rings is 2. The van der Waals surface area contributed by atoms with Crippen LogP contribution in [0.1, 0.15) is 40.3 Å². The number of aromatic amines is 1. The number of Topliss-reactive ketones (excluding diaryl/α,β-unsaturated/α-hetero) is 1. The van der Waals surface area contributed by atoms with E-state index in [0.29, 0.717) is 22.5 Å². The van der Waals surface area contributed by atoms with Gasteiger partial charge in [0.25, 0.3) is 0 Å². The molecule has 0 aliphatic rings. The number of para-hydroxylation sites is 1. The van der Waals surface area contributed by atoms with Crippen LogP contribution in [0, 0.1) is 6.92 Å². The molecule has 0 atom stereocenters. The topological polar surface area (TPSA) is 103 Å². The summed E-state index contributed by atoms with van der Waals surface area (Å²) in [5.41, 5.74) is 3.37. The minimum atomic E-state index is -0.413. The van der Waals surface area contributed by atoms with Crippen LogP contribution in [-0.4, -0.2) is 43.0 Å². The Morgan fingerprint density at radius 3 is 2.73 bits per heavy atom. The molecule has 0 radical (unpaired) electrons. The van der Waals surface area contributed by atoms with Crippen molar-refractivity contribution in [3.05, 3.63) is 65.4 Å². The Hall–Kier alpha value is -3.81. The van der Waals surface area contributed by atoms with Gasteiger partial charge in [-0.3, -0.25) is 4.79 Å². The van der Waals surface area contributed by atoms with E-state index in [0.717, 1.165) is 16.6 Å². The molecule has 8 nitrogen and oxygen atoms in total. The van der Waals surface area contributed by atoms with Crippen molar-refractivity contribution in [3.8, 4) is 11.4 Å². The number of esters is 1. The molecule has 1 N–H and O–H groups in total. The zero-order valence-corrected chi connectivity index (χ0v) is 16.9. The SMILES string of the molecule is Cc1[nH]c2ccccc2c1C(=O)Cn1nnc(-c2cccc(C(=O)OC(C)C)c2)n1. The molecule has 2 aromatic heterocycles. The average molecular weight is 403 g/mol. The third-order valence-electron chi connectivity index (χ3n) is 4.61. The number of nitrogens with one attached hydrogen (secondary N) is 1. The van der Waals surface area contributed by atoms with E-state index in [1.165, 1.54) is 4.80 Å². The summed E-state index contributed by atoms with van der Waals surface area (Å²) in [5.74, 6) is -0.190. The summed E-state index contributed by atoms with van der Waals surface area (Å²) in [6.45, 7) is 5.42. The highest BCUT2D eigenvalue weighted by molar-refractivity contribution is 6.09. The Morgan fingerprint density at radius 2 is 1.93 bits per heavy atom.